The van der Waals surface area contributed by atoms with E-state index in [4.69, 9.17) is 0 Å². The number of benzene rings is 2. The van der Waals surface area contributed by atoms with Crippen LogP contribution < -0.4 is 5.32 Å². The minimum Gasteiger partial charge on any atom is -0.334 e. The monoisotopic (exact) mass is 381 g/mol. The highest BCUT2D eigenvalue weighted by Gasteiger charge is 2.30. The summed E-state index contributed by atoms with van der Waals surface area (Å²) in [6.45, 7) is 3.50. The molecule has 1 N–H and O–H groups in total. The summed E-state index contributed by atoms with van der Waals surface area (Å²) in [6.07, 6.45) is 1.95. The van der Waals surface area contributed by atoms with Gasteiger partial charge in [0.15, 0.2) is 0 Å². The number of likely N-dealkylation sites (tertiary alicyclic amines) is 1. The first kappa shape index (κ1) is 18.6. The highest BCUT2D eigenvalue weighted by molar-refractivity contribution is 5.98. The van der Waals surface area contributed by atoms with Crippen LogP contribution in [0.1, 0.15) is 28.8 Å². The van der Waals surface area contributed by atoms with Crippen LogP contribution >= 0.6 is 0 Å². The van der Waals surface area contributed by atoms with E-state index in [1.165, 1.54) is 12.1 Å². The number of rotatable bonds is 5. The molecule has 146 valence electrons. The van der Waals surface area contributed by atoms with Gasteiger partial charge in [0.25, 0.3) is 5.91 Å². The van der Waals surface area contributed by atoms with Gasteiger partial charge in [0.05, 0.1) is 6.54 Å². The molecule has 28 heavy (non-hydrogen) atoms. The van der Waals surface area contributed by atoms with Gasteiger partial charge >= 0.3 is 0 Å². The number of piperidine rings is 1. The summed E-state index contributed by atoms with van der Waals surface area (Å²) in [7, 11) is 0. The van der Waals surface area contributed by atoms with Gasteiger partial charge in [0, 0.05) is 24.3 Å². The first-order chi connectivity index (χ1) is 13.6. The van der Waals surface area contributed by atoms with Gasteiger partial charge in [-0.25, -0.2) is 4.39 Å². The predicted octanol–water partition coefficient (Wildman–Crippen LogP) is 3.13. The molecule has 0 atom stereocenters. The molecule has 2 aromatic rings. The second kappa shape index (κ2) is 8.10. The molecule has 1 fully saturated rings. The minimum atomic E-state index is -0.320. The number of nitrogens with zero attached hydrogens (tertiary/aromatic N) is 2. The SMILES string of the molecule is O=C(CN1CCC(CN2Cc3ccccc3C2=O)CC1)Nc1ccc(F)cc1. The topological polar surface area (TPSA) is 52.7 Å². The van der Waals surface area contributed by atoms with Crippen molar-refractivity contribution in [1.29, 1.82) is 0 Å². The van der Waals surface area contributed by atoms with Crippen LogP contribution in [0.2, 0.25) is 0 Å². The van der Waals surface area contributed by atoms with Crippen LogP contribution in [0.5, 0.6) is 0 Å². The first-order valence-electron chi connectivity index (χ1n) is 9.73. The van der Waals surface area contributed by atoms with E-state index in [0.717, 1.165) is 43.6 Å². The zero-order valence-electron chi connectivity index (χ0n) is 15.7. The molecular weight excluding hydrogens is 357 g/mol. The lowest BCUT2D eigenvalue weighted by Crippen LogP contribution is -2.42. The summed E-state index contributed by atoms with van der Waals surface area (Å²) >= 11 is 0. The number of halogens is 1. The second-order valence-electron chi connectivity index (χ2n) is 7.62. The molecule has 2 amide bonds. The summed E-state index contributed by atoms with van der Waals surface area (Å²) in [5, 5.41) is 2.80. The van der Waals surface area contributed by atoms with Gasteiger partial charge in [0.1, 0.15) is 5.82 Å². The summed E-state index contributed by atoms with van der Waals surface area (Å²) in [4.78, 5) is 28.8. The van der Waals surface area contributed by atoms with Crippen LogP contribution in [0.4, 0.5) is 10.1 Å². The first-order valence-corrected chi connectivity index (χ1v) is 9.73. The van der Waals surface area contributed by atoms with Gasteiger partial charge in [-0.05, 0) is 67.7 Å². The number of anilines is 1. The Morgan fingerprint density at radius 2 is 1.79 bits per heavy atom. The van der Waals surface area contributed by atoms with Crippen molar-refractivity contribution in [1.82, 2.24) is 9.80 Å². The van der Waals surface area contributed by atoms with Gasteiger partial charge in [0.2, 0.25) is 5.91 Å². The van der Waals surface area contributed by atoms with Crippen LogP contribution in [0.15, 0.2) is 48.5 Å². The van der Waals surface area contributed by atoms with Gasteiger partial charge in [-0.2, -0.15) is 0 Å². The lowest BCUT2D eigenvalue weighted by molar-refractivity contribution is -0.117. The number of amides is 2. The Hall–Kier alpha value is -2.73. The van der Waals surface area contributed by atoms with E-state index in [2.05, 4.69) is 10.2 Å². The van der Waals surface area contributed by atoms with Crippen LogP contribution in [-0.2, 0) is 11.3 Å². The molecule has 0 radical (unpaired) electrons. The van der Waals surface area contributed by atoms with E-state index in [1.54, 1.807) is 12.1 Å². The Balaban J connectivity index is 1.22. The molecule has 0 spiro atoms. The number of hydrogen-bond acceptors (Lipinski definition) is 3. The molecule has 2 aliphatic heterocycles. The molecule has 0 unspecified atom stereocenters. The Bertz CT molecular complexity index is 860. The van der Waals surface area contributed by atoms with Crippen LogP contribution in [0, 0.1) is 11.7 Å². The fraction of sp³-hybridized carbons (Fsp3) is 0.364. The highest BCUT2D eigenvalue weighted by Crippen LogP contribution is 2.26. The van der Waals surface area contributed by atoms with Crippen molar-refractivity contribution < 1.29 is 14.0 Å². The second-order valence-corrected chi connectivity index (χ2v) is 7.62. The fourth-order valence-corrected chi connectivity index (χ4v) is 4.04. The summed E-state index contributed by atoms with van der Waals surface area (Å²) in [5.41, 5.74) is 2.55. The molecule has 5 nitrogen and oxygen atoms in total. The van der Waals surface area contributed by atoms with E-state index in [1.807, 2.05) is 29.2 Å². The molecule has 4 rings (SSSR count). The molecule has 2 aromatic carbocycles. The number of carbonyl (C=O) groups excluding carboxylic acids is 2. The number of hydrogen-bond donors (Lipinski definition) is 1. The lowest BCUT2D eigenvalue weighted by atomic mass is 9.96. The average Bonchev–Trinajstić information content (AvgIpc) is 3.01. The van der Waals surface area contributed by atoms with Crippen molar-refractivity contribution in [3.05, 3.63) is 65.5 Å². The molecular formula is C22H24FN3O2. The van der Waals surface area contributed by atoms with Crippen LogP contribution in [0.3, 0.4) is 0 Å². The Morgan fingerprint density at radius 3 is 2.50 bits per heavy atom. The smallest absolute Gasteiger partial charge is 0.254 e. The number of nitrogens with one attached hydrogen (secondary N) is 1. The molecule has 2 heterocycles. The van der Waals surface area contributed by atoms with E-state index < -0.39 is 0 Å². The summed E-state index contributed by atoms with van der Waals surface area (Å²) in [5.74, 6) is 0.196. The molecule has 0 saturated carbocycles. The minimum absolute atomic E-state index is 0.0878. The van der Waals surface area contributed by atoms with Gasteiger partial charge < -0.3 is 10.2 Å². The van der Waals surface area contributed by atoms with Crippen molar-refractivity contribution >= 4 is 17.5 Å². The van der Waals surface area contributed by atoms with Gasteiger partial charge in [-0.3, -0.25) is 14.5 Å². The molecule has 2 aliphatic rings. The van der Waals surface area contributed by atoms with E-state index in [9.17, 15) is 14.0 Å². The molecule has 6 heteroatoms. The fourth-order valence-electron chi connectivity index (χ4n) is 4.04. The van der Waals surface area contributed by atoms with Crippen molar-refractivity contribution in [3.63, 3.8) is 0 Å². The molecule has 1 saturated heterocycles. The third-order valence-electron chi connectivity index (χ3n) is 5.58. The maximum Gasteiger partial charge on any atom is 0.254 e. The molecule has 0 aromatic heterocycles. The van der Waals surface area contributed by atoms with Crippen molar-refractivity contribution in [2.75, 3.05) is 31.5 Å². The third kappa shape index (κ3) is 4.22. The summed E-state index contributed by atoms with van der Waals surface area (Å²) in [6, 6.07) is 13.6. The van der Waals surface area contributed by atoms with E-state index >= 15 is 0 Å². The van der Waals surface area contributed by atoms with Crippen molar-refractivity contribution in [2.24, 2.45) is 5.92 Å². The highest BCUT2D eigenvalue weighted by atomic mass is 19.1. The predicted molar refractivity (Wildman–Crippen MR) is 105 cm³/mol. The normalized spacial score (nSPS) is 17.6. The maximum absolute atomic E-state index is 12.9. The Morgan fingerprint density at radius 1 is 1.07 bits per heavy atom. The third-order valence-corrected chi connectivity index (χ3v) is 5.58. The molecule has 0 aliphatic carbocycles. The number of fused-ring (bicyclic) bond motifs is 1. The quantitative estimate of drug-likeness (QED) is 0.866. The average molecular weight is 381 g/mol. The van der Waals surface area contributed by atoms with Crippen LogP contribution in [-0.4, -0.2) is 47.8 Å². The van der Waals surface area contributed by atoms with E-state index in [-0.39, 0.29) is 17.6 Å². The molecule has 0 bridgehead atoms. The summed E-state index contributed by atoms with van der Waals surface area (Å²) < 4.78 is 12.9. The number of carbonyl (C=O) groups is 2. The Labute approximate surface area is 164 Å². The van der Waals surface area contributed by atoms with E-state index in [0.29, 0.717) is 24.7 Å². The zero-order valence-corrected chi connectivity index (χ0v) is 15.7. The standard InChI is InChI=1S/C22H24FN3O2/c23-18-5-7-19(8-6-18)24-21(27)15-25-11-9-16(10-12-25)13-26-14-17-3-1-2-4-20(17)22(26)28/h1-8,16H,9-15H2,(H,24,27). The van der Waals surface area contributed by atoms with Crippen molar-refractivity contribution in [2.45, 2.75) is 19.4 Å². The van der Waals surface area contributed by atoms with Gasteiger partial charge in [-0.15, -0.1) is 0 Å². The lowest BCUT2D eigenvalue weighted by Gasteiger charge is -2.33. The van der Waals surface area contributed by atoms with Gasteiger partial charge in [-0.1, -0.05) is 18.2 Å². The zero-order chi connectivity index (χ0) is 19.5. The Kier molecular flexibility index (Phi) is 5.39. The van der Waals surface area contributed by atoms with Crippen LogP contribution in [0.25, 0.3) is 0 Å². The van der Waals surface area contributed by atoms with Crippen molar-refractivity contribution in [3.8, 4) is 0 Å². The largest absolute Gasteiger partial charge is 0.334 e. The maximum atomic E-state index is 12.9.